The molecule has 7 heteroatoms. The molecule has 0 fully saturated rings. The standard InChI is InChI=1S/C17H18FN3O3/c18-14-3-5-15(6-4-14)24-12-17(23)20-9-7-16(22)21-11-13-2-1-8-19-10-13/h1-6,8,10H,7,9,11-12H2,(H,20,23)(H,21,22). The Morgan fingerprint density at radius 1 is 1.08 bits per heavy atom. The molecule has 0 radical (unpaired) electrons. The molecule has 0 atom stereocenters. The van der Waals surface area contributed by atoms with E-state index in [2.05, 4.69) is 15.6 Å². The van der Waals surface area contributed by atoms with Crippen molar-refractivity contribution in [2.45, 2.75) is 13.0 Å². The largest absolute Gasteiger partial charge is 0.484 e. The Balaban J connectivity index is 1.58. The number of carbonyl (C=O) groups is 2. The minimum atomic E-state index is -0.371. The Kier molecular flexibility index (Phi) is 6.70. The van der Waals surface area contributed by atoms with Crippen LogP contribution >= 0.6 is 0 Å². The molecule has 1 aromatic heterocycles. The number of nitrogens with one attached hydrogen (secondary N) is 2. The molecule has 0 saturated heterocycles. The Labute approximate surface area is 139 Å². The van der Waals surface area contributed by atoms with Crippen molar-refractivity contribution in [2.24, 2.45) is 0 Å². The zero-order valence-corrected chi connectivity index (χ0v) is 13.0. The van der Waals surface area contributed by atoms with Gasteiger partial charge < -0.3 is 15.4 Å². The maximum atomic E-state index is 12.7. The number of nitrogens with zero attached hydrogens (tertiary/aromatic N) is 1. The fourth-order valence-corrected chi connectivity index (χ4v) is 1.84. The molecule has 1 aromatic carbocycles. The number of hydrogen-bond acceptors (Lipinski definition) is 4. The molecule has 0 unspecified atom stereocenters. The third-order valence-electron chi connectivity index (χ3n) is 3.07. The van der Waals surface area contributed by atoms with E-state index in [9.17, 15) is 14.0 Å². The minimum Gasteiger partial charge on any atom is -0.484 e. The molecule has 24 heavy (non-hydrogen) atoms. The number of hydrogen-bond donors (Lipinski definition) is 2. The van der Waals surface area contributed by atoms with Crippen molar-refractivity contribution in [1.29, 1.82) is 0 Å². The summed E-state index contributed by atoms with van der Waals surface area (Å²) in [7, 11) is 0. The van der Waals surface area contributed by atoms with Crippen LogP contribution in [0.3, 0.4) is 0 Å². The summed E-state index contributed by atoms with van der Waals surface area (Å²) < 4.78 is 17.9. The summed E-state index contributed by atoms with van der Waals surface area (Å²) >= 11 is 0. The highest BCUT2D eigenvalue weighted by Gasteiger charge is 2.05. The molecule has 0 aliphatic rings. The number of aromatic nitrogens is 1. The van der Waals surface area contributed by atoms with Crippen LogP contribution in [0, 0.1) is 5.82 Å². The highest BCUT2D eigenvalue weighted by Crippen LogP contribution is 2.10. The normalized spacial score (nSPS) is 10.0. The van der Waals surface area contributed by atoms with Crippen molar-refractivity contribution in [3.63, 3.8) is 0 Å². The molecule has 0 bridgehead atoms. The molecular weight excluding hydrogens is 313 g/mol. The summed E-state index contributed by atoms with van der Waals surface area (Å²) in [5, 5.41) is 5.32. The number of pyridine rings is 1. The molecule has 2 amide bonds. The lowest BCUT2D eigenvalue weighted by molar-refractivity contribution is -0.123. The van der Waals surface area contributed by atoms with E-state index >= 15 is 0 Å². The molecule has 6 nitrogen and oxygen atoms in total. The van der Waals surface area contributed by atoms with Crippen LogP contribution in [0.25, 0.3) is 0 Å². The minimum absolute atomic E-state index is 0.168. The first-order valence-corrected chi connectivity index (χ1v) is 7.44. The van der Waals surface area contributed by atoms with E-state index < -0.39 is 0 Å². The van der Waals surface area contributed by atoms with Crippen LogP contribution in [0.15, 0.2) is 48.8 Å². The lowest BCUT2D eigenvalue weighted by atomic mass is 10.3. The van der Waals surface area contributed by atoms with Gasteiger partial charge in [-0.15, -0.1) is 0 Å². The molecule has 126 valence electrons. The van der Waals surface area contributed by atoms with Crippen molar-refractivity contribution in [3.8, 4) is 5.75 Å². The molecule has 2 aromatic rings. The second-order valence-electron chi connectivity index (χ2n) is 4.98. The Bertz CT molecular complexity index is 663. The van der Waals surface area contributed by atoms with Gasteiger partial charge >= 0.3 is 0 Å². The summed E-state index contributed by atoms with van der Waals surface area (Å²) in [6, 6.07) is 9.04. The average molecular weight is 331 g/mol. The van der Waals surface area contributed by atoms with E-state index in [-0.39, 0.29) is 37.2 Å². The molecule has 0 aliphatic heterocycles. The first kappa shape index (κ1) is 17.4. The van der Waals surface area contributed by atoms with Crippen LogP contribution in [0.4, 0.5) is 4.39 Å². The Hall–Kier alpha value is -2.96. The summed E-state index contributed by atoms with van der Waals surface area (Å²) in [6.07, 6.45) is 3.51. The second-order valence-corrected chi connectivity index (χ2v) is 4.98. The smallest absolute Gasteiger partial charge is 0.257 e. The highest BCUT2D eigenvalue weighted by atomic mass is 19.1. The summed E-state index contributed by atoms with van der Waals surface area (Å²) in [6.45, 7) is 0.418. The van der Waals surface area contributed by atoms with E-state index in [1.54, 1.807) is 18.5 Å². The molecule has 1 heterocycles. The van der Waals surface area contributed by atoms with Gasteiger partial charge in [0.1, 0.15) is 11.6 Å². The molecule has 0 saturated carbocycles. The molecule has 2 rings (SSSR count). The van der Waals surface area contributed by atoms with Gasteiger partial charge in [0.2, 0.25) is 5.91 Å². The fourth-order valence-electron chi connectivity index (χ4n) is 1.84. The molecule has 0 aliphatic carbocycles. The number of carbonyl (C=O) groups excluding carboxylic acids is 2. The number of ether oxygens (including phenoxy) is 1. The van der Waals surface area contributed by atoms with Crippen molar-refractivity contribution in [1.82, 2.24) is 15.6 Å². The quantitative estimate of drug-likeness (QED) is 0.767. The number of amides is 2. The van der Waals surface area contributed by atoms with Crippen molar-refractivity contribution in [2.75, 3.05) is 13.2 Å². The SMILES string of the molecule is O=C(CCNC(=O)COc1ccc(F)cc1)NCc1cccnc1. The first-order chi connectivity index (χ1) is 11.6. The van der Waals surface area contributed by atoms with Crippen LogP contribution < -0.4 is 15.4 Å². The third-order valence-corrected chi connectivity index (χ3v) is 3.07. The second kappa shape index (κ2) is 9.24. The number of halogens is 1. The van der Waals surface area contributed by atoms with Crippen molar-refractivity contribution in [3.05, 3.63) is 60.2 Å². The van der Waals surface area contributed by atoms with Crippen LogP contribution in [0.5, 0.6) is 5.75 Å². The lowest BCUT2D eigenvalue weighted by Gasteiger charge is -2.08. The van der Waals surface area contributed by atoms with Gasteiger partial charge in [-0.1, -0.05) is 6.07 Å². The van der Waals surface area contributed by atoms with Crippen LogP contribution in [0.2, 0.25) is 0 Å². The van der Waals surface area contributed by atoms with Gasteiger partial charge in [-0.25, -0.2) is 4.39 Å². The van der Waals surface area contributed by atoms with E-state index in [1.165, 1.54) is 24.3 Å². The Morgan fingerprint density at radius 3 is 2.58 bits per heavy atom. The first-order valence-electron chi connectivity index (χ1n) is 7.44. The summed E-state index contributed by atoms with van der Waals surface area (Å²) in [5.74, 6) is -0.483. The van der Waals surface area contributed by atoms with Gasteiger partial charge in [-0.3, -0.25) is 14.6 Å². The molecule has 0 spiro atoms. The van der Waals surface area contributed by atoms with Gasteiger partial charge in [-0.05, 0) is 35.9 Å². The van der Waals surface area contributed by atoms with Gasteiger partial charge in [0.15, 0.2) is 6.61 Å². The predicted molar refractivity (Wildman–Crippen MR) is 85.6 cm³/mol. The zero-order valence-electron chi connectivity index (χ0n) is 13.0. The summed E-state index contributed by atoms with van der Waals surface area (Å²) in [4.78, 5) is 27.2. The van der Waals surface area contributed by atoms with Gasteiger partial charge in [0.25, 0.3) is 5.91 Å². The van der Waals surface area contributed by atoms with E-state index in [1.807, 2.05) is 6.07 Å². The average Bonchev–Trinajstić information content (AvgIpc) is 2.60. The topological polar surface area (TPSA) is 80.3 Å². The van der Waals surface area contributed by atoms with Crippen molar-refractivity contribution < 1.29 is 18.7 Å². The highest BCUT2D eigenvalue weighted by molar-refractivity contribution is 5.79. The fraction of sp³-hybridized carbons (Fsp3) is 0.235. The van der Waals surface area contributed by atoms with Crippen LogP contribution in [-0.4, -0.2) is 29.9 Å². The molecule has 2 N–H and O–H groups in total. The Morgan fingerprint density at radius 2 is 1.88 bits per heavy atom. The number of benzene rings is 1. The van der Waals surface area contributed by atoms with Crippen LogP contribution in [-0.2, 0) is 16.1 Å². The third kappa shape index (κ3) is 6.43. The predicted octanol–water partition coefficient (Wildman–Crippen LogP) is 1.42. The number of rotatable bonds is 8. The maximum absolute atomic E-state index is 12.7. The van der Waals surface area contributed by atoms with E-state index in [0.717, 1.165) is 5.56 Å². The lowest BCUT2D eigenvalue weighted by Crippen LogP contribution is -2.33. The van der Waals surface area contributed by atoms with Gasteiger partial charge in [-0.2, -0.15) is 0 Å². The van der Waals surface area contributed by atoms with Crippen molar-refractivity contribution >= 4 is 11.8 Å². The van der Waals surface area contributed by atoms with Gasteiger partial charge in [0, 0.05) is 31.9 Å². The monoisotopic (exact) mass is 331 g/mol. The van der Waals surface area contributed by atoms with Crippen LogP contribution in [0.1, 0.15) is 12.0 Å². The molecular formula is C17H18FN3O3. The zero-order chi connectivity index (χ0) is 17.2. The van der Waals surface area contributed by atoms with E-state index in [0.29, 0.717) is 12.3 Å². The van der Waals surface area contributed by atoms with Gasteiger partial charge in [0.05, 0.1) is 0 Å². The summed E-state index contributed by atoms with van der Waals surface area (Å²) in [5.41, 5.74) is 0.905. The van der Waals surface area contributed by atoms with E-state index in [4.69, 9.17) is 4.74 Å². The maximum Gasteiger partial charge on any atom is 0.257 e.